The highest BCUT2D eigenvalue weighted by Crippen LogP contribution is 2.31. The molecule has 4 heteroatoms. The smallest absolute Gasteiger partial charge is 0.199 e. The summed E-state index contributed by atoms with van der Waals surface area (Å²) in [6.45, 7) is 0. The van der Waals surface area contributed by atoms with Gasteiger partial charge in [-0.15, -0.1) is 0 Å². The van der Waals surface area contributed by atoms with Crippen LogP contribution in [-0.4, -0.2) is 17.1 Å². The summed E-state index contributed by atoms with van der Waals surface area (Å²) in [6, 6.07) is 23.4. The van der Waals surface area contributed by atoms with Crippen molar-refractivity contribution in [3.8, 4) is 11.5 Å². The first-order chi connectivity index (χ1) is 12.3. The number of ether oxygens (including phenoxy) is 2. The molecule has 0 spiro atoms. The van der Waals surface area contributed by atoms with Gasteiger partial charge < -0.3 is 9.47 Å². The number of nitrogens with zero attached hydrogens (tertiary/aromatic N) is 1. The van der Waals surface area contributed by atoms with E-state index in [4.69, 9.17) is 26.7 Å². The standard InChI is InChI=1S/C21H15NO2S/c1-23-18-12-6-7-13-19(18)24-21(25)20-14-8-2-4-10-16(14)22-17-11-5-3-9-15(17)20/h2-13H,1H3. The highest BCUT2D eigenvalue weighted by atomic mass is 32.1. The van der Waals surface area contributed by atoms with Crippen LogP contribution in [0.5, 0.6) is 11.5 Å². The molecule has 1 aromatic heterocycles. The third-order valence-electron chi connectivity index (χ3n) is 4.06. The van der Waals surface area contributed by atoms with E-state index >= 15 is 0 Å². The van der Waals surface area contributed by atoms with Gasteiger partial charge in [0, 0.05) is 16.3 Å². The van der Waals surface area contributed by atoms with Crippen molar-refractivity contribution in [2.45, 2.75) is 0 Å². The molecular weight excluding hydrogens is 330 g/mol. The van der Waals surface area contributed by atoms with Crippen molar-refractivity contribution in [2.75, 3.05) is 7.11 Å². The second-order valence-electron chi connectivity index (χ2n) is 5.56. The van der Waals surface area contributed by atoms with Gasteiger partial charge in [0.25, 0.3) is 0 Å². The number of hydrogen-bond acceptors (Lipinski definition) is 4. The second kappa shape index (κ2) is 6.49. The lowest BCUT2D eigenvalue weighted by Crippen LogP contribution is -2.10. The Bertz CT molecular complexity index is 1040. The van der Waals surface area contributed by atoms with E-state index in [2.05, 4.69) is 0 Å². The summed E-state index contributed by atoms with van der Waals surface area (Å²) in [5, 5.41) is 2.35. The van der Waals surface area contributed by atoms with Crippen molar-refractivity contribution in [1.29, 1.82) is 0 Å². The van der Waals surface area contributed by atoms with Crippen LogP contribution in [0.4, 0.5) is 0 Å². The number of methoxy groups -OCH3 is 1. The van der Waals surface area contributed by atoms with E-state index in [0.29, 0.717) is 16.5 Å². The summed E-state index contributed by atoms with van der Waals surface area (Å²) < 4.78 is 11.4. The van der Waals surface area contributed by atoms with Crippen LogP contribution in [0.2, 0.25) is 0 Å². The van der Waals surface area contributed by atoms with Crippen molar-refractivity contribution in [2.24, 2.45) is 0 Å². The maximum Gasteiger partial charge on any atom is 0.199 e. The molecule has 1 heterocycles. The molecule has 3 aromatic carbocycles. The fourth-order valence-corrected chi connectivity index (χ4v) is 3.22. The maximum absolute atomic E-state index is 6.02. The normalized spacial score (nSPS) is 10.8. The first-order valence-corrected chi connectivity index (χ1v) is 8.31. The largest absolute Gasteiger partial charge is 0.493 e. The fraction of sp³-hybridized carbons (Fsp3) is 0.0476. The summed E-state index contributed by atoms with van der Waals surface area (Å²) in [7, 11) is 1.61. The van der Waals surface area contributed by atoms with Gasteiger partial charge in [0.15, 0.2) is 16.5 Å². The lowest BCUT2D eigenvalue weighted by Gasteiger charge is -2.14. The van der Waals surface area contributed by atoms with Gasteiger partial charge in [-0.3, -0.25) is 0 Å². The maximum atomic E-state index is 6.02. The molecule has 0 aliphatic rings. The van der Waals surface area contributed by atoms with E-state index < -0.39 is 0 Å². The molecule has 4 rings (SSSR count). The quantitative estimate of drug-likeness (QED) is 0.379. The molecule has 0 saturated carbocycles. The van der Waals surface area contributed by atoms with Crippen molar-refractivity contribution in [1.82, 2.24) is 4.98 Å². The number of pyridine rings is 1. The van der Waals surface area contributed by atoms with Crippen molar-refractivity contribution in [3.05, 3.63) is 78.4 Å². The molecule has 0 aliphatic heterocycles. The average Bonchev–Trinajstić information content (AvgIpc) is 2.66. The second-order valence-corrected chi connectivity index (χ2v) is 5.93. The zero-order chi connectivity index (χ0) is 17.2. The minimum absolute atomic E-state index is 0.402. The van der Waals surface area contributed by atoms with Crippen LogP contribution in [0.1, 0.15) is 5.56 Å². The predicted octanol–water partition coefficient (Wildman–Crippen LogP) is 5.15. The molecule has 0 radical (unpaired) electrons. The Kier molecular flexibility index (Phi) is 4.04. The average molecular weight is 345 g/mol. The SMILES string of the molecule is COc1ccccc1OC(=S)c1c2ccccc2nc2ccccc12. The summed E-state index contributed by atoms with van der Waals surface area (Å²) in [4.78, 5) is 4.72. The summed E-state index contributed by atoms with van der Waals surface area (Å²) in [6.07, 6.45) is 0. The van der Waals surface area contributed by atoms with E-state index in [1.54, 1.807) is 7.11 Å². The molecule has 4 aromatic rings. The molecule has 122 valence electrons. The summed E-state index contributed by atoms with van der Waals surface area (Å²) in [5.41, 5.74) is 2.66. The number of thiocarbonyl (C=S) groups is 1. The van der Waals surface area contributed by atoms with E-state index in [-0.39, 0.29) is 0 Å². The van der Waals surface area contributed by atoms with Crippen molar-refractivity contribution in [3.63, 3.8) is 0 Å². The minimum atomic E-state index is 0.402. The van der Waals surface area contributed by atoms with Crippen LogP contribution in [0, 0.1) is 0 Å². The zero-order valence-corrected chi connectivity index (χ0v) is 14.4. The molecular formula is C21H15NO2S. The number of hydrogen-bond donors (Lipinski definition) is 0. The van der Waals surface area contributed by atoms with Gasteiger partial charge in [0.1, 0.15) is 0 Å². The van der Waals surface area contributed by atoms with Gasteiger partial charge in [-0.05, 0) is 36.5 Å². The molecule has 0 atom stereocenters. The Labute approximate surface area is 150 Å². The van der Waals surface area contributed by atoms with Gasteiger partial charge >= 0.3 is 0 Å². The third kappa shape index (κ3) is 2.81. The Morgan fingerprint density at radius 3 is 1.88 bits per heavy atom. The number of fused-ring (bicyclic) bond motifs is 2. The Morgan fingerprint density at radius 1 is 0.760 bits per heavy atom. The lowest BCUT2D eigenvalue weighted by molar-refractivity contribution is 0.393. The number of para-hydroxylation sites is 4. The van der Waals surface area contributed by atoms with Crippen molar-refractivity contribution < 1.29 is 9.47 Å². The fourth-order valence-electron chi connectivity index (χ4n) is 2.91. The molecule has 0 unspecified atom stereocenters. The van der Waals surface area contributed by atoms with Gasteiger partial charge in [-0.1, -0.05) is 48.5 Å². The van der Waals surface area contributed by atoms with Crippen LogP contribution in [-0.2, 0) is 0 Å². The zero-order valence-electron chi connectivity index (χ0n) is 13.6. The first-order valence-electron chi connectivity index (χ1n) is 7.90. The van der Waals surface area contributed by atoms with E-state index in [1.165, 1.54) is 0 Å². The molecule has 3 nitrogen and oxygen atoms in total. The van der Waals surface area contributed by atoms with Crippen LogP contribution in [0.3, 0.4) is 0 Å². The van der Waals surface area contributed by atoms with Gasteiger partial charge in [0.2, 0.25) is 0 Å². The Morgan fingerprint density at radius 2 is 1.28 bits per heavy atom. The van der Waals surface area contributed by atoms with E-state index in [9.17, 15) is 0 Å². The topological polar surface area (TPSA) is 31.4 Å². The van der Waals surface area contributed by atoms with Gasteiger partial charge in [0.05, 0.1) is 18.1 Å². The molecule has 0 fully saturated rings. The van der Waals surface area contributed by atoms with Crippen LogP contribution in [0.15, 0.2) is 72.8 Å². The first kappa shape index (κ1) is 15.5. The monoisotopic (exact) mass is 345 g/mol. The number of benzene rings is 3. The highest BCUT2D eigenvalue weighted by molar-refractivity contribution is 7.80. The third-order valence-corrected chi connectivity index (χ3v) is 4.35. The molecule has 0 saturated heterocycles. The Hall–Kier alpha value is -2.98. The van der Waals surface area contributed by atoms with E-state index in [0.717, 1.165) is 27.4 Å². The van der Waals surface area contributed by atoms with Gasteiger partial charge in [-0.2, -0.15) is 0 Å². The molecule has 0 N–H and O–H groups in total. The number of aromatic nitrogens is 1. The Balaban J connectivity index is 1.90. The number of rotatable bonds is 3. The summed E-state index contributed by atoms with van der Waals surface area (Å²) in [5.74, 6) is 1.24. The van der Waals surface area contributed by atoms with E-state index in [1.807, 2.05) is 72.8 Å². The molecule has 25 heavy (non-hydrogen) atoms. The minimum Gasteiger partial charge on any atom is -0.493 e. The van der Waals surface area contributed by atoms with Crippen LogP contribution < -0.4 is 9.47 Å². The van der Waals surface area contributed by atoms with Crippen LogP contribution >= 0.6 is 12.2 Å². The van der Waals surface area contributed by atoms with Crippen molar-refractivity contribution >= 4 is 39.1 Å². The van der Waals surface area contributed by atoms with Crippen LogP contribution in [0.25, 0.3) is 21.8 Å². The molecule has 0 aliphatic carbocycles. The van der Waals surface area contributed by atoms with Gasteiger partial charge in [-0.25, -0.2) is 4.98 Å². The summed E-state index contributed by atoms with van der Waals surface area (Å²) >= 11 is 5.66. The molecule has 0 bridgehead atoms. The lowest BCUT2D eigenvalue weighted by atomic mass is 10.0. The predicted molar refractivity (Wildman–Crippen MR) is 105 cm³/mol. The highest BCUT2D eigenvalue weighted by Gasteiger charge is 2.16. The molecule has 0 amide bonds.